The summed E-state index contributed by atoms with van der Waals surface area (Å²) < 4.78 is 52.5. The Morgan fingerprint density at radius 2 is 1.23 bits per heavy atom. The maximum Gasteiger partial charge on any atom is 0.388 e. The fourth-order valence-corrected chi connectivity index (χ4v) is 14.6. The van der Waals surface area contributed by atoms with Gasteiger partial charge in [0.2, 0.25) is 0 Å². The first-order chi connectivity index (χ1) is 14.3. The van der Waals surface area contributed by atoms with Crippen molar-refractivity contribution < 1.29 is 22.6 Å². The van der Waals surface area contributed by atoms with E-state index in [1.165, 1.54) is 44.6 Å². The van der Waals surface area contributed by atoms with E-state index >= 15 is 0 Å². The zero-order chi connectivity index (χ0) is 22.1. The van der Waals surface area contributed by atoms with Crippen LogP contribution in [0, 0.1) is 0 Å². The molecule has 0 spiro atoms. The molecule has 0 radical (unpaired) electrons. The molecule has 0 aliphatic carbocycles. The predicted molar refractivity (Wildman–Crippen MR) is 125 cm³/mol. The SMILES string of the molecule is CCCCCCCC[SiH](C)C1(C2([SiH](C)CCC(F)(F)F)CCCCO2)CCCCO1. The van der Waals surface area contributed by atoms with Crippen LogP contribution in [0.3, 0.4) is 0 Å². The lowest BCUT2D eigenvalue weighted by molar-refractivity contribution is -0.166. The Morgan fingerprint density at radius 1 is 0.733 bits per heavy atom. The second kappa shape index (κ2) is 12.4. The number of alkyl halides is 3. The van der Waals surface area contributed by atoms with Crippen molar-refractivity contribution in [3.8, 4) is 0 Å². The van der Waals surface area contributed by atoms with E-state index in [1.807, 2.05) is 0 Å². The maximum atomic E-state index is 13.1. The molecule has 0 aromatic heterocycles. The van der Waals surface area contributed by atoms with E-state index in [4.69, 9.17) is 9.47 Å². The molecule has 2 fully saturated rings. The third kappa shape index (κ3) is 6.82. The molecule has 2 heterocycles. The van der Waals surface area contributed by atoms with Crippen LogP contribution in [0.4, 0.5) is 13.2 Å². The minimum atomic E-state index is -4.07. The lowest BCUT2D eigenvalue weighted by Gasteiger charge is -2.58. The van der Waals surface area contributed by atoms with E-state index in [9.17, 15) is 13.2 Å². The van der Waals surface area contributed by atoms with E-state index in [1.54, 1.807) is 0 Å². The molecule has 30 heavy (non-hydrogen) atoms. The number of ether oxygens (including phenoxy) is 2. The third-order valence-electron chi connectivity index (χ3n) is 7.76. The Kier molecular flexibility index (Phi) is 10.9. The van der Waals surface area contributed by atoms with Crippen molar-refractivity contribution in [2.75, 3.05) is 13.2 Å². The first-order valence-electron chi connectivity index (χ1n) is 12.6. The summed E-state index contributed by atoms with van der Waals surface area (Å²) >= 11 is 0. The van der Waals surface area contributed by atoms with Crippen molar-refractivity contribution in [3.05, 3.63) is 0 Å². The second-order valence-corrected chi connectivity index (χ2v) is 16.5. The van der Waals surface area contributed by atoms with E-state index in [2.05, 4.69) is 20.0 Å². The average molecular weight is 467 g/mol. The molecule has 2 saturated heterocycles. The molecule has 2 aliphatic heterocycles. The Labute approximate surface area is 185 Å². The molecule has 0 saturated carbocycles. The minimum absolute atomic E-state index is 0.244. The van der Waals surface area contributed by atoms with E-state index < -0.39 is 30.2 Å². The van der Waals surface area contributed by atoms with Gasteiger partial charge in [-0.25, -0.2) is 0 Å². The molecule has 0 aromatic carbocycles. The summed E-state index contributed by atoms with van der Waals surface area (Å²) in [5.41, 5.74) is 0. The van der Waals surface area contributed by atoms with Crippen LogP contribution in [0.5, 0.6) is 0 Å². The summed E-state index contributed by atoms with van der Waals surface area (Å²) in [6, 6.07) is 1.52. The van der Waals surface area contributed by atoms with Crippen LogP contribution in [0.1, 0.15) is 90.4 Å². The van der Waals surface area contributed by atoms with Gasteiger partial charge in [0.05, 0.1) is 28.0 Å². The van der Waals surface area contributed by atoms with Gasteiger partial charge in [-0.3, -0.25) is 0 Å². The van der Waals surface area contributed by atoms with Crippen LogP contribution in [0.15, 0.2) is 0 Å². The fraction of sp³-hybridized carbons (Fsp3) is 1.00. The normalized spacial score (nSPS) is 30.2. The average Bonchev–Trinajstić information content (AvgIpc) is 2.74. The highest BCUT2D eigenvalue weighted by molar-refractivity contribution is 6.68. The number of rotatable bonds is 12. The van der Waals surface area contributed by atoms with Gasteiger partial charge in [-0.05, 0) is 44.6 Å². The van der Waals surface area contributed by atoms with Crippen molar-refractivity contribution >= 4 is 17.6 Å². The molecule has 0 N–H and O–H groups in total. The quantitative estimate of drug-likeness (QED) is 0.228. The van der Waals surface area contributed by atoms with Crippen LogP contribution in [0.2, 0.25) is 25.2 Å². The first kappa shape index (κ1) is 26.4. The Morgan fingerprint density at radius 3 is 1.70 bits per heavy atom. The van der Waals surface area contributed by atoms with Crippen molar-refractivity contribution in [3.63, 3.8) is 0 Å². The molecular weight excluding hydrogens is 421 g/mol. The maximum absolute atomic E-state index is 13.1. The lowest BCUT2D eigenvalue weighted by Crippen LogP contribution is -2.72. The highest BCUT2D eigenvalue weighted by atomic mass is 28.3. The van der Waals surface area contributed by atoms with Crippen molar-refractivity contribution in [1.82, 2.24) is 0 Å². The smallest absolute Gasteiger partial charge is 0.376 e. The fourth-order valence-electron chi connectivity index (χ4n) is 5.99. The van der Waals surface area contributed by atoms with Gasteiger partial charge in [0.1, 0.15) is 0 Å². The number of hydrogen-bond acceptors (Lipinski definition) is 2. The van der Waals surface area contributed by atoms with E-state index in [0.29, 0.717) is 6.61 Å². The Balaban J connectivity index is 2.16. The summed E-state index contributed by atoms with van der Waals surface area (Å²) in [6.45, 7) is 8.28. The number of halogens is 3. The van der Waals surface area contributed by atoms with Crippen LogP contribution in [-0.2, 0) is 9.47 Å². The summed E-state index contributed by atoms with van der Waals surface area (Å²) in [6.07, 6.45) is 9.27. The van der Waals surface area contributed by atoms with Gasteiger partial charge in [0.15, 0.2) is 0 Å². The predicted octanol–water partition coefficient (Wildman–Crippen LogP) is 6.97. The highest BCUT2D eigenvalue weighted by Crippen LogP contribution is 2.48. The summed E-state index contributed by atoms with van der Waals surface area (Å²) in [4.78, 5) is 0. The van der Waals surface area contributed by atoms with Crippen molar-refractivity contribution in [1.29, 1.82) is 0 Å². The monoisotopic (exact) mass is 466 g/mol. The largest absolute Gasteiger partial charge is 0.388 e. The lowest BCUT2D eigenvalue weighted by atomic mass is 9.96. The van der Waals surface area contributed by atoms with Gasteiger partial charge in [-0.2, -0.15) is 13.2 Å². The molecule has 2 nitrogen and oxygen atoms in total. The molecule has 4 atom stereocenters. The molecule has 2 aliphatic rings. The minimum Gasteiger partial charge on any atom is -0.376 e. The third-order valence-corrected chi connectivity index (χ3v) is 15.6. The topological polar surface area (TPSA) is 18.5 Å². The summed E-state index contributed by atoms with van der Waals surface area (Å²) in [5, 5.41) is -0.628. The van der Waals surface area contributed by atoms with Crippen molar-refractivity contribution in [2.45, 2.75) is 132 Å². The second-order valence-electron chi connectivity index (χ2n) is 9.90. The van der Waals surface area contributed by atoms with Crippen LogP contribution < -0.4 is 0 Å². The molecule has 178 valence electrons. The highest BCUT2D eigenvalue weighted by Gasteiger charge is 2.60. The van der Waals surface area contributed by atoms with Gasteiger partial charge in [0.25, 0.3) is 0 Å². The Hall–Kier alpha value is 0.144. The van der Waals surface area contributed by atoms with Crippen LogP contribution in [0.25, 0.3) is 0 Å². The standard InChI is InChI=1S/C23H45F3O2Si2/c1-4-5-6-7-8-13-19-29(2)21(14-9-11-17-27-21)22(15-10-12-18-28-22)30(3)20-16-23(24,25)26/h29-30H,4-20H2,1-3H3. The molecular formula is C23H45F3O2Si2. The van der Waals surface area contributed by atoms with Crippen LogP contribution >= 0.6 is 0 Å². The van der Waals surface area contributed by atoms with Gasteiger partial charge in [0, 0.05) is 19.6 Å². The molecule has 2 rings (SSSR count). The zero-order valence-corrected chi connectivity index (χ0v) is 21.9. The van der Waals surface area contributed by atoms with E-state index in [-0.39, 0.29) is 16.5 Å². The number of hydrogen-bond donors (Lipinski definition) is 0. The molecule has 0 aromatic rings. The van der Waals surface area contributed by atoms with Gasteiger partial charge in [-0.15, -0.1) is 0 Å². The molecule has 0 amide bonds. The van der Waals surface area contributed by atoms with E-state index in [0.717, 1.165) is 45.1 Å². The van der Waals surface area contributed by atoms with Crippen molar-refractivity contribution in [2.24, 2.45) is 0 Å². The Bertz CT molecular complexity index is 476. The summed E-state index contributed by atoms with van der Waals surface area (Å²) in [5.74, 6) is 0. The molecule has 7 heteroatoms. The summed E-state index contributed by atoms with van der Waals surface area (Å²) in [7, 11) is -3.14. The first-order valence-corrected chi connectivity index (χ1v) is 17.7. The molecule has 0 bridgehead atoms. The molecule has 4 unspecified atom stereocenters. The van der Waals surface area contributed by atoms with Crippen LogP contribution in [-0.4, -0.2) is 47.4 Å². The zero-order valence-electron chi connectivity index (χ0n) is 19.6. The van der Waals surface area contributed by atoms with Gasteiger partial charge in [-0.1, -0.05) is 64.6 Å². The van der Waals surface area contributed by atoms with Gasteiger partial charge >= 0.3 is 6.18 Å². The van der Waals surface area contributed by atoms with Gasteiger partial charge < -0.3 is 9.47 Å². The number of unbranched alkanes of at least 4 members (excludes halogenated alkanes) is 5.